The van der Waals surface area contributed by atoms with E-state index >= 15 is 0 Å². The summed E-state index contributed by atoms with van der Waals surface area (Å²) >= 11 is 0. The number of aldehydes is 1. The zero-order chi connectivity index (χ0) is 15.4. The lowest BCUT2D eigenvalue weighted by Gasteiger charge is -2.09. The molecule has 1 aromatic heterocycles. The molecule has 5 heteroatoms. The number of aryl methyl sites for hydroxylation is 1. The van der Waals surface area contributed by atoms with Crippen molar-refractivity contribution in [2.75, 3.05) is 6.61 Å². The van der Waals surface area contributed by atoms with Gasteiger partial charge in [0, 0.05) is 12.6 Å². The first-order valence-corrected chi connectivity index (χ1v) is 6.78. The van der Waals surface area contributed by atoms with Crippen LogP contribution in [0.15, 0.2) is 35.1 Å². The Hall–Kier alpha value is -2.43. The molecule has 0 saturated heterocycles. The highest BCUT2D eigenvalue weighted by Gasteiger charge is 2.07. The lowest BCUT2D eigenvalue weighted by molar-refractivity contribution is 0.112. The summed E-state index contributed by atoms with van der Waals surface area (Å²) in [5, 5.41) is 4.16. The Balaban J connectivity index is 2.28. The first-order valence-electron chi connectivity index (χ1n) is 6.78. The third-order valence-electron chi connectivity index (χ3n) is 2.95. The monoisotopic (exact) mass is 286 g/mol. The molecule has 0 spiro atoms. The summed E-state index contributed by atoms with van der Waals surface area (Å²) in [7, 11) is 1.53. The molecule has 0 amide bonds. The third-order valence-corrected chi connectivity index (χ3v) is 2.95. The van der Waals surface area contributed by atoms with E-state index in [2.05, 4.69) is 18.9 Å². The van der Waals surface area contributed by atoms with E-state index in [1.807, 2.05) is 24.3 Å². The number of carbonyl (C=O) groups excluding carboxylic acids is 1. The fraction of sp³-hybridized carbons (Fsp3) is 0.312. The van der Waals surface area contributed by atoms with Gasteiger partial charge in [-0.05, 0) is 36.2 Å². The quantitative estimate of drug-likeness (QED) is 0.791. The van der Waals surface area contributed by atoms with Crippen molar-refractivity contribution in [3.63, 3.8) is 0 Å². The van der Waals surface area contributed by atoms with Crippen LogP contribution < -0.4 is 10.3 Å². The maximum Gasteiger partial charge on any atom is 0.277 e. The first kappa shape index (κ1) is 15.0. The number of ether oxygens (including phenoxy) is 1. The molecule has 0 bridgehead atoms. The van der Waals surface area contributed by atoms with Gasteiger partial charge >= 0.3 is 0 Å². The highest BCUT2D eigenvalue weighted by molar-refractivity contribution is 5.76. The molecule has 2 rings (SSSR count). The minimum atomic E-state index is -0.398. The van der Waals surface area contributed by atoms with E-state index in [1.54, 1.807) is 0 Å². The smallest absolute Gasteiger partial charge is 0.277 e. The highest BCUT2D eigenvalue weighted by atomic mass is 16.5. The van der Waals surface area contributed by atoms with Gasteiger partial charge in [-0.1, -0.05) is 13.8 Å². The number of hydrogen-bond acceptors (Lipinski definition) is 4. The molecule has 0 saturated carbocycles. The molecule has 0 aliphatic carbocycles. The summed E-state index contributed by atoms with van der Waals surface area (Å²) in [6, 6.07) is 8.92. The summed E-state index contributed by atoms with van der Waals surface area (Å²) in [5.41, 5.74) is 1.11. The van der Waals surface area contributed by atoms with Crippen molar-refractivity contribution < 1.29 is 9.53 Å². The maximum absolute atomic E-state index is 11.6. The zero-order valence-corrected chi connectivity index (χ0v) is 12.4. The average Bonchev–Trinajstić information content (AvgIpc) is 2.48. The van der Waals surface area contributed by atoms with Gasteiger partial charge in [0.15, 0.2) is 6.29 Å². The second-order valence-electron chi connectivity index (χ2n) is 5.26. The summed E-state index contributed by atoms with van der Waals surface area (Å²) in [5.74, 6) is 1.25. The predicted molar refractivity (Wildman–Crippen MR) is 80.6 cm³/mol. The van der Waals surface area contributed by atoms with Gasteiger partial charge in [-0.25, -0.2) is 4.68 Å². The van der Waals surface area contributed by atoms with Gasteiger partial charge < -0.3 is 4.74 Å². The van der Waals surface area contributed by atoms with Gasteiger partial charge in [-0.2, -0.15) is 5.10 Å². The topological polar surface area (TPSA) is 61.2 Å². The maximum atomic E-state index is 11.6. The molecular weight excluding hydrogens is 268 g/mol. The van der Waals surface area contributed by atoms with Crippen LogP contribution in [0.25, 0.3) is 11.3 Å². The Morgan fingerprint density at radius 2 is 1.95 bits per heavy atom. The fourth-order valence-electron chi connectivity index (χ4n) is 1.84. The Kier molecular flexibility index (Phi) is 4.52. The van der Waals surface area contributed by atoms with Crippen molar-refractivity contribution >= 4 is 6.29 Å². The Labute approximate surface area is 123 Å². The van der Waals surface area contributed by atoms with E-state index in [4.69, 9.17) is 4.74 Å². The van der Waals surface area contributed by atoms with Gasteiger partial charge in [-0.15, -0.1) is 0 Å². The fourth-order valence-corrected chi connectivity index (χ4v) is 1.84. The molecule has 1 heterocycles. The van der Waals surface area contributed by atoms with Gasteiger partial charge in [0.2, 0.25) is 0 Å². The lowest BCUT2D eigenvalue weighted by Crippen LogP contribution is -2.23. The van der Waals surface area contributed by atoms with Gasteiger partial charge in [-0.3, -0.25) is 9.59 Å². The van der Waals surface area contributed by atoms with Crippen molar-refractivity contribution in [3.05, 3.63) is 46.2 Å². The van der Waals surface area contributed by atoms with Crippen LogP contribution in [0.4, 0.5) is 0 Å². The average molecular weight is 286 g/mol. The molecule has 110 valence electrons. The number of hydrogen-bond donors (Lipinski definition) is 0. The van der Waals surface area contributed by atoms with Crippen LogP contribution in [0.5, 0.6) is 5.75 Å². The second-order valence-corrected chi connectivity index (χ2v) is 5.26. The normalized spacial score (nSPS) is 10.7. The van der Waals surface area contributed by atoms with E-state index in [-0.39, 0.29) is 5.56 Å². The minimum Gasteiger partial charge on any atom is -0.493 e. The molecule has 0 fully saturated rings. The number of carbonyl (C=O) groups is 1. The standard InChI is InChI=1S/C16H18N2O3/c1-11(2)10-21-14-6-4-12(5-7-14)15-8-13(9-19)16(20)18(3)17-15/h4-9,11H,10H2,1-3H3. The molecule has 0 aliphatic rings. The molecular formula is C16H18N2O3. The van der Waals surface area contributed by atoms with E-state index in [0.717, 1.165) is 11.3 Å². The molecule has 0 atom stereocenters. The second kappa shape index (κ2) is 6.35. The lowest BCUT2D eigenvalue weighted by atomic mass is 10.1. The molecule has 0 N–H and O–H groups in total. The van der Waals surface area contributed by atoms with Crippen LogP contribution in [0.1, 0.15) is 24.2 Å². The number of aromatic nitrogens is 2. The van der Waals surface area contributed by atoms with Gasteiger partial charge in [0.05, 0.1) is 17.9 Å². The summed E-state index contributed by atoms with van der Waals surface area (Å²) in [4.78, 5) is 22.5. The molecule has 0 radical (unpaired) electrons. The molecule has 21 heavy (non-hydrogen) atoms. The van der Waals surface area contributed by atoms with Crippen molar-refractivity contribution in [2.45, 2.75) is 13.8 Å². The number of nitrogens with zero attached hydrogens (tertiary/aromatic N) is 2. The van der Waals surface area contributed by atoms with Crippen molar-refractivity contribution in [1.82, 2.24) is 9.78 Å². The Bertz CT molecular complexity index is 688. The highest BCUT2D eigenvalue weighted by Crippen LogP contribution is 2.20. The van der Waals surface area contributed by atoms with E-state index in [1.165, 1.54) is 17.8 Å². The predicted octanol–water partition coefficient (Wildman–Crippen LogP) is 2.29. The van der Waals surface area contributed by atoms with Crippen LogP contribution in [0.3, 0.4) is 0 Å². The Morgan fingerprint density at radius 3 is 2.52 bits per heavy atom. The van der Waals surface area contributed by atoms with E-state index in [0.29, 0.717) is 24.5 Å². The molecule has 5 nitrogen and oxygen atoms in total. The Morgan fingerprint density at radius 1 is 1.29 bits per heavy atom. The van der Waals surface area contributed by atoms with Crippen LogP contribution in [-0.4, -0.2) is 22.7 Å². The SMILES string of the molecule is CC(C)COc1ccc(-c2cc(C=O)c(=O)n(C)n2)cc1. The van der Waals surface area contributed by atoms with Crippen molar-refractivity contribution in [2.24, 2.45) is 13.0 Å². The zero-order valence-electron chi connectivity index (χ0n) is 12.4. The van der Waals surface area contributed by atoms with Crippen molar-refractivity contribution in [3.8, 4) is 17.0 Å². The minimum absolute atomic E-state index is 0.0997. The molecule has 2 aromatic rings. The van der Waals surface area contributed by atoms with E-state index in [9.17, 15) is 9.59 Å². The molecule has 0 unspecified atom stereocenters. The summed E-state index contributed by atoms with van der Waals surface area (Å²) in [6.07, 6.45) is 0.549. The number of rotatable bonds is 5. The van der Waals surface area contributed by atoms with Crippen LogP contribution >= 0.6 is 0 Å². The van der Waals surface area contributed by atoms with Gasteiger partial charge in [0.1, 0.15) is 5.75 Å². The van der Waals surface area contributed by atoms with Crippen molar-refractivity contribution in [1.29, 1.82) is 0 Å². The number of benzene rings is 1. The first-order chi connectivity index (χ1) is 10.0. The van der Waals surface area contributed by atoms with Crippen LogP contribution in [-0.2, 0) is 7.05 Å². The molecule has 1 aromatic carbocycles. The summed E-state index contributed by atoms with van der Waals surface area (Å²) < 4.78 is 6.78. The van der Waals surface area contributed by atoms with Gasteiger partial charge in [0.25, 0.3) is 5.56 Å². The van der Waals surface area contributed by atoms with Crippen LogP contribution in [0.2, 0.25) is 0 Å². The third kappa shape index (κ3) is 3.56. The van der Waals surface area contributed by atoms with Crippen LogP contribution in [0, 0.1) is 5.92 Å². The largest absolute Gasteiger partial charge is 0.493 e. The van der Waals surface area contributed by atoms with E-state index < -0.39 is 5.56 Å². The molecule has 0 aliphatic heterocycles. The summed E-state index contributed by atoms with van der Waals surface area (Å²) in [6.45, 7) is 4.83.